The molecule has 1 aliphatic rings. The quantitative estimate of drug-likeness (QED) is 0.756. The van der Waals surface area contributed by atoms with Crippen LogP contribution < -0.4 is 0 Å². The lowest BCUT2D eigenvalue weighted by Crippen LogP contribution is -2.39. The molecule has 0 aromatic carbocycles. The zero-order valence-electron chi connectivity index (χ0n) is 12.3. The van der Waals surface area contributed by atoms with Gasteiger partial charge in [0.25, 0.3) is 0 Å². The van der Waals surface area contributed by atoms with Crippen molar-refractivity contribution in [1.29, 1.82) is 0 Å². The van der Waals surface area contributed by atoms with Crippen molar-refractivity contribution in [1.82, 2.24) is 9.80 Å². The molecule has 1 fully saturated rings. The third-order valence-corrected chi connectivity index (χ3v) is 3.41. The van der Waals surface area contributed by atoms with E-state index in [1.165, 1.54) is 25.9 Å². The van der Waals surface area contributed by atoms with Crippen molar-refractivity contribution in [3.63, 3.8) is 0 Å². The van der Waals surface area contributed by atoms with Crippen LogP contribution >= 0.6 is 0 Å². The lowest BCUT2D eigenvalue weighted by Gasteiger charge is -2.33. The minimum atomic E-state index is 0.271. The number of likely N-dealkylation sites (tertiary alicyclic amines) is 1. The average molecular weight is 242 g/mol. The Balaban J connectivity index is 0.00000121. The van der Waals surface area contributed by atoms with Gasteiger partial charge in [0.15, 0.2) is 0 Å². The second-order valence-corrected chi connectivity index (χ2v) is 4.51. The topological polar surface area (TPSA) is 23.6 Å². The van der Waals surface area contributed by atoms with Gasteiger partial charge in [-0.1, -0.05) is 27.7 Å². The first-order valence-electron chi connectivity index (χ1n) is 7.13. The maximum absolute atomic E-state index is 11.4. The van der Waals surface area contributed by atoms with Gasteiger partial charge in [0.1, 0.15) is 0 Å². The SMILES string of the molecule is CC.CCC(=O)N(C)CC1CCN(CC)CC1. The summed E-state index contributed by atoms with van der Waals surface area (Å²) in [7, 11) is 1.93. The summed E-state index contributed by atoms with van der Waals surface area (Å²) >= 11 is 0. The van der Waals surface area contributed by atoms with Crippen molar-refractivity contribution in [2.45, 2.75) is 47.0 Å². The summed E-state index contributed by atoms with van der Waals surface area (Å²) < 4.78 is 0. The zero-order valence-corrected chi connectivity index (χ0v) is 12.3. The third-order valence-electron chi connectivity index (χ3n) is 3.41. The van der Waals surface area contributed by atoms with Crippen molar-refractivity contribution < 1.29 is 4.79 Å². The smallest absolute Gasteiger partial charge is 0.222 e. The first-order valence-corrected chi connectivity index (χ1v) is 7.13. The summed E-state index contributed by atoms with van der Waals surface area (Å²) in [6.45, 7) is 12.7. The van der Waals surface area contributed by atoms with Crippen LogP contribution in [0.15, 0.2) is 0 Å². The Bertz CT molecular complexity index is 198. The lowest BCUT2D eigenvalue weighted by molar-refractivity contribution is -0.130. The van der Waals surface area contributed by atoms with Crippen molar-refractivity contribution in [2.75, 3.05) is 33.2 Å². The van der Waals surface area contributed by atoms with E-state index in [2.05, 4.69) is 11.8 Å². The molecule has 102 valence electrons. The highest BCUT2D eigenvalue weighted by atomic mass is 16.2. The number of nitrogens with zero attached hydrogens (tertiary/aromatic N) is 2. The molecule has 1 heterocycles. The molecule has 0 aromatic rings. The molecule has 1 amide bonds. The summed E-state index contributed by atoms with van der Waals surface area (Å²) in [5.41, 5.74) is 0. The number of hydrogen-bond donors (Lipinski definition) is 0. The van der Waals surface area contributed by atoms with Crippen molar-refractivity contribution in [3.05, 3.63) is 0 Å². The highest BCUT2D eigenvalue weighted by Crippen LogP contribution is 2.17. The molecule has 0 saturated carbocycles. The van der Waals surface area contributed by atoms with Crippen molar-refractivity contribution in [3.8, 4) is 0 Å². The molecule has 0 bridgehead atoms. The van der Waals surface area contributed by atoms with E-state index in [1.807, 2.05) is 32.7 Å². The van der Waals surface area contributed by atoms with E-state index < -0.39 is 0 Å². The summed E-state index contributed by atoms with van der Waals surface area (Å²) in [5, 5.41) is 0. The van der Waals surface area contributed by atoms with Gasteiger partial charge in [0.05, 0.1) is 0 Å². The normalized spacial score (nSPS) is 17.2. The Morgan fingerprint density at radius 1 is 1.24 bits per heavy atom. The van der Waals surface area contributed by atoms with E-state index in [9.17, 15) is 4.79 Å². The summed E-state index contributed by atoms with van der Waals surface area (Å²) in [4.78, 5) is 15.8. The molecular weight excluding hydrogens is 212 g/mol. The van der Waals surface area contributed by atoms with Crippen LogP contribution in [0.5, 0.6) is 0 Å². The van der Waals surface area contributed by atoms with Gasteiger partial charge in [0, 0.05) is 20.0 Å². The van der Waals surface area contributed by atoms with Gasteiger partial charge in [0.2, 0.25) is 5.91 Å². The van der Waals surface area contributed by atoms with Crippen LogP contribution in [-0.2, 0) is 4.79 Å². The number of piperidine rings is 1. The van der Waals surface area contributed by atoms with Crippen LogP contribution in [0.4, 0.5) is 0 Å². The Hall–Kier alpha value is -0.570. The standard InChI is InChI=1S/C12H24N2O.C2H6/c1-4-12(15)13(3)10-11-6-8-14(5-2)9-7-11;1-2/h11H,4-10H2,1-3H3;1-2H3. The molecule has 1 aliphatic heterocycles. The van der Waals surface area contributed by atoms with E-state index in [0.29, 0.717) is 12.3 Å². The number of amides is 1. The number of rotatable bonds is 4. The lowest BCUT2D eigenvalue weighted by atomic mass is 9.96. The van der Waals surface area contributed by atoms with Crippen LogP contribution in [0.3, 0.4) is 0 Å². The van der Waals surface area contributed by atoms with E-state index in [-0.39, 0.29) is 5.91 Å². The fraction of sp³-hybridized carbons (Fsp3) is 0.929. The second-order valence-electron chi connectivity index (χ2n) is 4.51. The van der Waals surface area contributed by atoms with Gasteiger partial charge in [-0.05, 0) is 38.4 Å². The van der Waals surface area contributed by atoms with Crippen LogP contribution in [0.25, 0.3) is 0 Å². The number of carbonyl (C=O) groups is 1. The largest absolute Gasteiger partial charge is 0.345 e. The summed E-state index contributed by atoms with van der Waals surface area (Å²) in [6, 6.07) is 0. The molecule has 0 unspecified atom stereocenters. The fourth-order valence-corrected chi connectivity index (χ4v) is 2.24. The van der Waals surface area contributed by atoms with Crippen LogP contribution in [0.1, 0.15) is 47.0 Å². The van der Waals surface area contributed by atoms with Gasteiger partial charge in [-0.15, -0.1) is 0 Å². The first kappa shape index (κ1) is 16.4. The van der Waals surface area contributed by atoms with E-state index in [4.69, 9.17) is 0 Å². The second kappa shape index (κ2) is 9.46. The molecule has 0 aromatic heterocycles. The average Bonchev–Trinajstić information content (AvgIpc) is 2.40. The molecule has 1 saturated heterocycles. The van der Waals surface area contributed by atoms with E-state index in [0.717, 1.165) is 13.1 Å². The maximum atomic E-state index is 11.4. The summed E-state index contributed by atoms with van der Waals surface area (Å²) in [6.07, 6.45) is 3.12. The third kappa shape index (κ3) is 6.06. The van der Waals surface area contributed by atoms with Crippen LogP contribution in [-0.4, -0.2) is 48.9 Å². The minimum absolute atomic E-state index is 0.271. The molecule has 3 heteroatoms. The van der Waals surface area contributed by atoms with Gasteiger partial charge in [-0.25, -0.2) is 0 Å². The Morgan fingerprint density at radius 3 is 2.18 bits per heavy atom. The van der Waals surface area contributed by atoms with Gasteiger partial charge < -0.3 is 9.80 Å². The molecule has 3 nitrogen and oxygen atoms in total. The molecule has 0 radical (unpaired) electrons. The monoisotopic (exact) mass is 242 g/mol. The Morgan fingerprint density at radius 2 is 1.76 bits per heavy atom. The molecule has 0 N–H and O–H groups in total. The van der Waals surface area contributed by atoms with E-state index in [1.54, 1.807) is 0 Å². The van der Waals surface area contributed by atoms with Gasteiger partial charge in [-0.2, -0.15) is 0 Å². The molecule has 0 atom stereocenters. The van der Waals surface area contributed by atoms with Crippen LogP contribution in [0.2, 0.25) is 0 Å². The molecule has 17 heavy (non-hydrogen) atoms. The molecule has 1 rings (SSSR count). The fourth-order valence-electron chi connectivity index (χ4n) is 2.24. The molecule has 0 aliphatic carbocycles. The Kier molecular flexibility index (Phi) is 9.14. The predicted octanol–water partition coefficient (Wildman–Crippen LogP) is 2.61. The van der Waals surface area contributed by atoms with E-state index >= 15 is 0 Å². The predicted molar refractivity (Wildman–Crippen MR) is 74.1 cm³/mol. The van der Waals surface area contributed by atoms with Crippen molar-refractivity contribution in [2.24, 2.45) is 5.92 Å². The highest BCUT2D eigenvalue weighted by Gasteiger charge is 2.20. The highest BCUT2D eigenvalue weighted by molar-refractivity contribution is 5.75. The first-order chi connectivity index (χ1) is 8.17. The minimum Gasteiger partial charge on any atom is -0.345 e. The Labute approximate surface area is 107 Å². The van der Waals surface area contributed by atoms with Gasteiger partial charge >= 0.3 is 0 Å². The van der Waals surface area contributed by atoms with Crippen molar-refractivity contribution >= 4 is 5.91 Å². The zero-order chi connectivity index (χ0) is 13.3. The maximum Gasteiger partial charge on any atom is 0.222 e. The molecule has 0 spiro atoms. The summed E-state index contributed by atoms with van der Waals surface area (Å²) in [5.74, 6) is 0.987. The van der Waals surface area contributed by atoms with Gasteiger partial charge in [-0.3, -0.25) is 4.79 Å². The molecular formula is C14H30N2O. The number of carbonyl (C=O) groups excluding carboxylic acids is 1. The number of hydrogen-bond acceptors (Lipinski definition) is 2. The van der Waals surface area contributed by atoms with Crippen LogP contribution in [0, 0.1) is 5.92 Å².